The zero-order valence-electron chi connectivity index (χ0n) is 17.6. The topological polar surface area (TPSA) is 109 Å². The molecule has 10 heteroatoms. The van der Waals surface area contributed by atoms with E-state index in [9.17, 15) is 22.8 Å². The molecule has 0 bridgehead atoms. The van der Waals surface area contributed by atoms with Gasteiger partial charge in [-0.05, 0) is 24.6 Å². The average molecular weight is 447 g/mol. The number of amides is 2. The highest BCUT2D eigenvalue weighted by atomic mass is 32.2. The maximum Gasteiger partial charge on any atom is 0.251 e. The van der Waals surface area contributed by atoms with Gasteiger partial charge in [-0.1, -0.05) is 26.0 Å². The molecule has 31 heavy (non-hydrogen) atoms. The first-order chi connectivity index (χ1) is 14.8. The van der Waals surface area contributed by atoms with Crippen LogP contribution in [0.3, 0.4) is 0 Å². The van der Waals surface area contributed by atoms with Crippen molar-refractivity contribution in [2.75, 3.05) is 29.9 Å². The quantitative estimate of drug-likeness (QED) is 0.663. The summed E-state index contributed by atoms with van der Waals surface area (Å²) in [6, 6.07) is 9.34. The number of hydrogen-bond donors (Lipinski definition) is 1. The third-order valence-corrected chi connectivity index (χ3v) is 7.19. The van der Waals surface area contributed by atoms with Crippen LogP contribution in [0.25, 0.3) is 0 Å². The molecule has 2 amide bonds. The van der Waals surface area contributed by atoms with E-state index in [0.29, 0.717) is 37.4 Å². The number of aromatic nitrogens is 1. The molecule has 1 aromatic carbocycles. The Labute approximate surface area is 181 Å². The molecule has 2 aromatic rings. The van der Waals surface area contributed by atoms with Crippen molar-refractivity contribution in [3.05, 3.63) is 52.9 Å². The predicted octanol–water partition coefficient (Wildman–Crippen LogP) is 1.64. The van der Waals surface area contributed by atoms with E-state index in [1.54, 1.807) is 43.0 Å². The van der Waals surface area contributed by atoms with Crippen molar-refractivity contribution >= 4 is 33.2 Å². The molecular formula is C21H26N4O5S. The molecule has 0 aliphatic carbocycles. The van der Waals surface area contributed by atoms with E-state index in [1.807, 2.05) is 0 Å². The molecule has 1 aromatic heterocycles. The number of rotatable bonds is 8. The highest BCUT2D eigenvalue weighted by Crippen LogP contribution is 2.29. The molecule has 1 fully saturated rings. The summed E-state index contributed by atoms with van der Waals surface area (Å²) in [4.78, 5) is 38.6. The maximum atomic E-state index is 12.7. The van der Waals surface area contributed by atoms with Gasteiger partial charge in [-0.25, -0.2) is 8.42 Å². The van der Waals surface area contributed by atoms with Gasteiger partial charge in [0.25, 0.3) is 5.56 Å². The zero-order chi connectivity index (χ0) is 22.6. The highest BCUT2D eigenvalue weighted by molar-refractivity contribution is 7.89. The van der Waals surface area contributed by atoms with Crippen LogP contribution in [0.2, 0.25) is 0 Å². The Hall–Kier alpha value is -2.98. The summed E-state index contributed by atoms with van der Waals surface area (Å²) in [7, 11) is -3.76. The Kier molecular flexibility index (Phi) is 6.91. The lowest BCUT2D eigenvalue weighted by atomic mass is 10.2. The fraction of sp³-hybridized carbons (Fsp3) is 0.381. The first-order valence-corrected chi connectivity index (χ1v) is 11.6. The number of pyridine rings is 1. The van der Waals surface area contributed by atoms with Gasteiger partial charge in [0.15, 0.2) is 0 Å². The lowest BCUT2D eigenvalue weighted by Gasteiger charge is -2.20. The lowest BCUT2D eigenvalue weighted by Crippen LogP contribution is -2.33. The van der Waals surface area contributed by atoms with Crippen molar-refractivity contribution in [2.24, 2.45) is 0 Å². The summed E-state index contributed by atoms with van der Waals surface area (Å²) in [6.45, 7) is 4.27. The lowest BCUT2D eigenvalue weighted by molar-refractivity contribution is -0.117. The van der Waals surface area contributed by atoms with E-state index in [4.69, 9.17) is 0 Å². The number of anilines is 2. The third kappa shape index (κ3) is 4.86. The molecule has 1 aliphatic rings. The largest absolute Gasteiger partial charge is 0.323 e. The van der Waals surface area contributed by atoms with Gasteiger partial charge in [0.1, 0.15) is 6.54 Å². The Morgan fingerprint density at radius 1 is 1.10 bits per heavy atom. The Balaban J connectivity index is 1.82. The van der Waals surface area contributed by atoms with Crippen molar-refractivity contribution in [1.82, 2.24) is 8.87 Å². The summed E-state index contributed by atoms with van der Waals surface area (Å²) < 4.78 is 27.8. The minimum Gasteiger partial charge on any atom is -0.323 e. The molecular weight excluding hydrogens is 420 g/mol. The van der Waals surface area contributed by atoms with Gasteiger partial charge in [0.2, 0.25) is 21.8 Å². The molecule has 0 spiro atoms. The molecule has 3 rings (SSSR count). The van der Waals surface area contributed by atoms with Crippen LogP contribution in [0.5, 0.6) is 0 Å². The van der Waals surface area contributed by atoms with Gasteiger partial charge in [0, 0.05) is 38.3 Å². The third-order valence-electron chi connectivity index (χ3n) is 5.16. The van der Waals surface area contributed by atoms with Gasteiger partial charge >= 0.3 is 0 Å². The van der Waals surface area contributed by atoms with Crippen molar-refractivity contribution in [3.63, 3.8) is 0 Å². The number of sulfonamides is 1. The van der Waals surface area contributed by atoms with E-state index in [0.717, 1.165) is 17.1 Å². The number of carbonyl (C=O) groups is 2. The molecule has 1 N–H and O–H groups in total. The molecule has 9 nitrogen and oxygen atoms in total. The second-order valence-corrected chi connectivity index (χ2v) is 9.07. The first kappa shape index (κ1) is 22.7. The molecule has 1 aliphatic heterocycles. The second kappa shape index (κ2) is 9.44. The highest BCUT2D eigenvalue weighted by Gasteiger charge is 2.25. The van der Waals surface area contributed by atoms with E-state index in [2.05, 4.69) is 5.32 Å². The number of para-hydroxylation sites is 2. The van der Waals surface area contributed by atoms with Gasteiger partial charge < -0.3 is 14.8 Å². The van der Waals surface area contributed by atoms with Crippen LogP contribution in [-0.2, 0) is 26.2 Å². The Morgan fingerprint density at radius 3 is 2.45 bits per heavy atom. The number of nitrogens with zero attached hydrogens (tertiary/aromatic N) is 3. The van der Waals surface area contributed by atoms with Crippen LogP contribution in [0, 0.1) is 0 Å². The predicted molar refractivity (Wildman–Crippen MR) is 117 cm³/mol. The average Bonchev–Trinajstić information content (AvgIpc) is 3.16. The van der Waals surface area contributed by atoms with Crippen molar-refractivity contribution in [3.8, 4) is 0 Å². The van der Waals surface area contributed by atoms with Crippen molar-refractivity contribution in [2.45, 2.75) is 38.1 Å². The number of nitrogens with one attached hydrogen (secondary N) is 1. The first-order valence-electron chi connectivity index (χ1n) is 10.2. The summed E-state index contributed by atoms with van der Waals surface area (Å²) in [5.41, 5.74) is 0.572. The molecule has 0 atom stereocenters. The van der Waals surface area contributed by atoms with E-state index < -0.39 is 21.5 Å². The monoisotopic (exact) mass is 446 g/mol. The van der Waals surface area contributed by atoms with Crippen molar-refractivity contribution < 1.29 is 18.0 Å². The SMILES string of the molecule is CCN(CC)S(=O)(=O)c1ccc(=O)n(CC(=O)Nc2ccccc2N2CCCC2=O)c1. The van der Waals surface area contributed by atoms with E-state index >= 15 is 0 Å². The van der Waals surface area contributed by atoms with Crippen LogP contribution >= 0.6 is 0 Å². The van der Waals surface area contributed by atoms with Crippen LogP contribution < -0.4 is 15.8 Å². The van der Waals surface area contributed by atoms with Crippen molar-refractivity contribution in [1.29, 1.82) is 0 Å². The Bertz CT molecular complexity index is 1140. The fourth-order valence-electron chi connectivity index (χ4n) is 3.56. The van der Waals surface area contributed by atoms with Gasteiger partial charge in [-0.2, -0.15) is 4.31 Å². The normalized spacial score (nSPS) is 14.3. The molecule has 2 heterocycles. The van der Waals surface area contributed by atoms with Gasteiger partial charge in [-0.15, -0.1) is 0 Å². The number of carbonyl (C=O) groups excluding carboxylic acids is 2. The summed E-state index contributed by atoms with van der Waals surface area (Å²) in [5, 5.41) is 2.73. The summed E-state index contributed by atoms with van der Waals surface area (Å²) in [6.07, 6.45) is 2.40. The molecule has 166 valence electrons. The number of benzene rings is 1. The molecule has 0 saturated carbocycles. The van der Waals surface area contributed by atoms with Gasteiger partial charge in [0.05, 0.1) is 16.3 Å². The molecule has 0 radical (unpaired) electrons. The Morgan fingerprint density at radius 2 is 1.81 bits per heavy atom. The maximum absolute atomic E-state index is 12.7. The summed E-state index contributed by atoms with van der Waals surface area (Å²) >= 11 is 0. The molecule has 1 saturated heterocycles. The van der Waals surface area contributed by atoms with E-state index in [-0.39, 0.29) is 17.3 Å². The molecule has 0 unspecified atom stereocenters. The second-order valence-electron chi connectivity index (χ2n) is 7.13. The smallest absolute Gasteiger partial charge is 0.251 e. The zero-order valence-corrected chi connectivity index (χ0v) is 18.4. The minimum absolute atomic E-state index is 0.00720. The van der Waals surface area contributed by atoms with Crippen LogP contribution in [0.15, 0.2) is 52.3 Å². The summed E-state index contributed by atoms with van der Waals surface area (Å²) in [5.74, 6) is -0.509. The minimum atomic E-state index is -3.76. The fourth-order valence-corrected chi connectivity index (χ4v) is 5.04. The number of hydrogen-bond acceptors (Lipinski definition) is 5. The van der Waals surface area contributed by atoms with Crippen LogP contribution in [0.4, 0.5) is 11.4 Å². The standard InChI is InChI=1S/C21H26N4O5S/c1-3-24(4-2)31(29,30)16-11-12-20(27)23(14-16)15-19(26)22-17-8-5-6-9-18(17)25-13-7-10-21(25)28/h5-6,8-9,11-12,14H,3-4,7,10,13,15H2,1-2H3,(H,22,26). The van der Waals surface area contributed by atoms with Crippen LogP contribution in [0.1, 0.15) is 26.7 Å². The van der Waals surface area contributed by atoms with E-state index in [1.165, 1.54) is 16.6 Å². The van der Waals surface area contributed by atoms with Gasteiger partial charge in [-0.3, -0.25) is 14.4 Å². The van der Waals surface area contributed by atoms with Crippen LogP contribution in [-0.4, -0.2) is 48.7 Å².